The monoisotopic (exact) mass is 203 g/mol. The average Bonchev–Trinajstić information content (AvgIpc) is 2.26. The van der Waals surface area contributed by atoms with Crippen molar-refractivity contribution in [2.75, 3.05) is 0 Å². The molecule has 1 rings (SSSR count). The molecule has 0 heterocycles. The molecule has 1 aromatic rings. The number of hydrogen-bond acceptors (Lipinski definition) is 3. The van der Waals surface area contributed by atoms with Crippen LogP contribution >= 0.6 is 0 Å². The number of nitriles is 1. The summed E-state index contributed by atoms with van der Waals surface area (Å²) in [6.45, 7) is 1.85. The molecule has 15 heavy (non-hydrogen) atoms. The van der Waals surface area contributed by atoms with Gasteiger partial charge in [-0.15, -0.1) is 0 Å². The van der Waals surface area contributed by atoms with Crippen LogP contribution in [0, 0.1) is 11.3 Å². The van der Waals surface area contributed by atoms with E-state index in [4.69, 9.17) is 10.4 Å². The molecule has 1 N–H and O–H groups in total. The molecule has 1 aromatic carbocycles. The van der Waals surface area contributed by atoms with E-state index in [-0.39, 0.29) is 16.7 Å². The number of aryl methyl sites for hydroxylation is 1. The first-order chi connectivity index (χ1) is 7.13. The Hall–Kier alpha value is -2.15. The summed E-state index contributed by atoms with van der Waals surface area (Å²) < 4.78 is 0. The SMILES string of the molecule is CCc1cc(C=O)c(C#N)c(C(=O)O)c1. The Kier molecular flexibility index (Phi) is 3.19. The summed E-state index contributed by atoms with van der Waals surface area (Å²) in [4.78, 5) is 21.5. The van der Waals surface area contributed by atoms with E-state index in [1.165, 1.54) is 12.1 Å². The van der Waals surface area contributed by atoms with Crippen molar-refractivity contribution in [2.45, 2.75) is 13.3 Å². The summed E-state index contributed by atoms with van der Waals surface area (Å²) in [6, 6.07) is 4.70. The number of aromatic carboxylic acids is 1. The molecular formula is C11H9NO3. The van der Waals surface area contributed by atoms with E-state index in [1.807, 2.05) is 6.92 Å². The minimum Gasteiger partial charge on any atom is -0.478 e. The van der Waals surface area contributed by atoms with Crippen molar-refractivity contribution in [3.63, 3.8) is 0 Å². The standard InChI is InChI=1S/C11H9NO3/c1-2-7-3-8(6-13)10(5-12)9(4-7)11(14)15/h3-4,6H,2H2,1H3,(H,14,15). The summed E-state index contributed by atoms with van der Waals surface area (Å²) in [6.07, 6.45) is 1.12. The normalized spacial score (nSPS) is 9.33. The van der Waals surface area contributed by atoms with Crippen molar-refractivity contribution in [1.82, 2.24) is 0 Å². The third kappa shape index (κ3) is 2.02. The minimum absolute atomic E-state index is 0.0744. The second kappa shape index (κ2) is 4.38. The second-order valence-corrected chi connectivity index (χ2v) is 3.00. The Bertz CT molecular complexity index is 458. The predicted octanol–water partition coefficient (Wildman–Crippen LogP) is 1.63. The number of aldehydes is 1. The highest BCUT2D eigenvalue weighted by molar-refractivity contribution is 5.95. The van der Waals surface area contributed by atoms with E-state index in [1.54, 1.807) is 6.07 Å². The van der Waals surface area contributed by atoms with Gasteiger partial charge in [0.1, 0.15) is 6.07 Å². The molecule has 0 saturated heterocycles. The van der Waals surface area contributed by atoms with E-state index in [9.17, 15) is 9.59 Å². The molecule has 0 bridgehead atoms. The second-order valence-electron chi connectivity index (χ2n) is 3.00. The van der Waals surface area contributed by atoms with Crippen molar-refractivity contribution in [3.05, 3.63) is 34.4 Å². The summed E-state index contributed by atoms with van der Waals surface area (Å²) in [7, 11) is 0. The molecule has 4 heteroatoms. The molecule has 0 aliphatic heterocycles. The van der Waals surface area contributed by atoms with Gasteiger partial charge in [0.25, 0.3) is 0 Å². The lowest BCUT2D eigenvalue weighted by molar-refractivity contribution is 0.0696. The molecule has 4 nitrogen and oxygen atoms in total. The fourth-order valence-electron chi connectivity index (χ4n) is 1.32. The van der Waals surface area contributed by atoms with Crippen LogP contribution in [0.5, 0.6) is 0 Å². The number of hydrogen-bond donors (Lipinski definition) is 1. The molecule has 0 spiro atoms. The zero-order valence-corrected chi connectivity index (χ0v) is 8.15. The van der Waals surface area contributed by atoms with Crippen molar-refractivity contribution < 1.29 is 14.7 Å². The van der Waals surface area contributed by atoms with E-state index >= 15 is 0 Å². The summed E-state index contributed by atoms with van der Waals surface area (Å²) in [5, 5.41) is 17.6. The first-order valence-electron chi connectivity index (χ1n) is 4.39. The smallest absolute Gasteiger partial charge is 0.337 e. The van der Waals surface area contributed by atoms with Gasteiger partial charge >= 0.3 is 5.97 Å². The molecular weight excluding hydrogens is 194 g/mol. The molecule has 0 aliphatic rings. The fourth-order valence-corrected chi connectivity index (χ4v) is 1.32. The highest BCUT2D eigenvalue weighted by Gasteiger charge is 2.15. The summed E-state index contributed by atoms with van der Waals surface area (Å²) in [5.74, 6) is -1.19. The van der Waals surface area contributed by atoms with Crippen LogP contribution < -0.4 is 0 Å². The van der Waals surface area contributed by atoms with Gasteiger partial charge < -0.3 is 5.11 Å². The van der Waals surface area contributed by atoms with Crippen LogP contribution in [0.3, 0.4) is 0 Å². The van der Waals surface area contributed by atoms with E-state index in [0.29, 0.717) is 12.7 Å². The summed E-state index contributed by atoms with van der Waals surface area (Å²) >= 11 is 0. The highest BCUT2D eigenvalue weighted by atomic mass is 16.4. The lowest BCUT2D eigenvalue weighted by atomic mass is 9.98. The quantitative estimate of drug-likeness (QED) is 0.757. The van der Waals surface area contributed by atoms with Gasteiger partial charge in [0.05, 0.1) is 11.1 Å². The van der Waals surface area contributed by atoms with Gasteiger partial charge in [0, 0.05) is 5.56 Å². The van der Waals surface area contributed by atoms with Crippen molar-refractivity contribution >= 4 is 12.3 Å². The highest BCUT2D eigenvalue weighted by Crippen LogP contribution is 2.16. The molecule has 0 aliphatic carbocycles. The van der Waals surface area contributed by atoms with Crippen molar-refractivity contribution in [1.29, 1.82) is 5.26 Å². The molecule has 0 saturated carbocycles. The maximum absolute atomic E-state index is 10.8. The van der Waals surface area contributed by atoms with Crippen LogP contribution in [0.4, 0.5) is 0 Å². The average molecular weight is 203 g/mol. The molecule has 0 fully saturated rings. The minimum atomic E-state index is -1.19. The third-order valence-corrected chi connectivity index (χ3v) is 2.11. The number of rotatable bonds is 3. The van der Waals surface area contributed by atoms with Crippen molar-refractivity contribution in [3.8, 4) is 6.07 Å². The Morgan fingerprint density at radius 3 is 2.67 bits per heavy atom. The lowest BCUT2D eigenvalue weighted by Crippen LogP contribution is -2.05. The van der Waals surface area contributed by atoms with Gasteiger partial charge in [-0.1, -0.05) is 6.92 Å². The van der Waals surface area contributed by atoms with Crippen LogP contribution in [0.2, 0.25) is 0 Å². The maximum atomic E-state index is 10.8. The molecule has 0 atom stereocenters. The number of nitrogens with zero attached hydrogens (tertiary/aromatic N) is 1. The molecule has 0 amide bonds. The van der Waals surface area contributed by atoms with Gasteiger partial charge in [-0.3, -0.25) is 4.79 Å². The van der Waals surface area contributed by atoms with Crippen molar-refractivity contribution in [2.24, 2.45) is 0 Å². The Morgan fingerprint density at radius 1 is 1.60 bits per heavy atom. The van der Waals surface area contributed by atoms with Crippen LogP contribution in [0.15, 0.2) is 12.1 Å². The van der Waals surface area contributed by atoms with E-state index in [2.05, 4.69) is 0 Å². The zero-order chi connectivity index (χ0) is 11.4. The van der Waals surface area contributed by atoms with Crippen LogP contribution in [-0.2, 0) is 6.42 Å². The maximum Gasteiger partial charge on any atom is 0.337 e. The van der Waals surface area contributed by atoms with Gasteiger partial charge in [0.15, 0.2) is 6.29 Å². The molecule has 0 unspecified atom stereocenters. The van der Waals surface area contributed by atoms with Gasteiger partial charge in [-0.05, 0) is 24.1 Å². The van der Waals surface area contributed by atoms with Crippen LogP contribution in [-0.4, -0.2) is 17.4 Å². The number of carbonyl (C=O) groups is 2. The number of benzene rings is 1. The molecule has 76 valence electrons. The van der Waals surface area contributed by atoms with Gasteiger partial charge in [-0.25, -0.2) is 4.79 Å². The Morgan fingerprint density at radius 2 is 2.27 bits per heavy atom. The first-order valence-corrected chi connectivity index (χ1v) is 4.39. The number of carbonyl (C=O) groups excluding carboxylic acids is 1. The predicted molar refractivity (Wildman–Crippen MR) is 52.9 cm³/mol. The number of carboxylic acid groups (broad SMARTS) is 1. The third-order valence-electron chi connectivity index (χ3n) is 2.11. The molecule has 0 radical (unpaired) electrons. The van der Waals surface area contributed by atoms with Crippen LogP contribution in [0.25, 0.3) is 0 Å². The van der Waals surface area contributed by atoms with Gasteiger partial charge in [0.2, 0.25) is 0 Å². The zero-order valence-electron chi connectivity index (χ0n) is 8.15. The van der Waals surface area contributed by atoms with Crippen LogP contribution in [0.1, 0.15) is 38.8 Å². The van der Waals surface area contributed by atoms with E-state index < -0.39 is 5.97 Å². The topological polar surface area (TPSA) is 78.2 Å². The Balaban J connectivity index is 3.54. The van der Waals surface area contributed by atoms with E-state index in [0.717, 1.165) is 5.56 Å². The lowest BCUT2D eigenvalue weighted by Gasteiger charge is -2.04. The van der Waals surface area contributed by atoms with Gasteiger partial charge in [-0.2, -0.15) is 5.26 Å². The molecule has 0 aromatic heterocycles. The first kappa shape index (κ1) is 10.9. The largest absolute Gasteiger partial charge is 0.478 e. The fraction of sp³-hybridized carbons (Fsp3) is 0.182. The Labute approximate surface area is 86.8 Å². The number of carboxylic acids is 1. The summed E-state index contributed by atoms with van der Waals surface area (Å²) in [5.41, 5.74) is 0.677.